The lowest BCUT2D eigenvalue weighted by atomic mass is 10.2. The third-order valence-electron chi connectivity index (χ3n) is 1.65. The quantitative estimate of drug-likeness (QED) is 0.728. The molecule has 0 saturated carbocycles. The first kappa shape index (κ1) is 10.4. The van der Waals surface area contributed by atoms with Crippen LogP contribution in [0.3, 0.4) is 0 Å². The van der Waals surface area contributed by atoms with E-state index in [1.165, 1.54) is 12.1 Å². The number of pyridine rings is 1. The molecule has 0 aliphatic heterocycles. The lowest BCUT2D eigenvalue weighted by Crippen LogP contribution is -2.23. The van der Waals surface area contributed by atoms with Crippen LogP contribution in [0.4, 0.5) is 4.39 Å². The highest BCUT2D eigenvalue weighted by Crippen LogP contribution is 1.97. The molecule has 14 heavy (non-hydrogen) atoms. The molecule has 1 aromatic heterocycles. The Labute approximate surface area is 81.7 Å². The van der Waals surface area contributed by atoms with Crippen molar-refractivity contribution in [1.29, 1.82) is 0 Å². The summed E-state index contributed by atoms with van der Waals surface area (Å²) in [7, 11) is 0. The fourth-order valence-corrected chi connectivity index (χ4v) is 0.940. The van der Waals surface area contributed by atoms with Gasteiger partial charge in [0.25, 0.3) is 0 Å². The second-order valence-corrected chi connectivity index (χ2v) is 2.71. The van der Waals surface area contributed by atoms with Crippen LogP contribution < -0.4 is 5.32 Å². The molecule has 0 spiro atoms. The zero-order valence-electron chi connectivity index (χ0n) is 7.66. The van der Waals surface area contributed by atoms with Gasteiger partial charge in [0.2, 0.25) is 5.91 Å². The fourth-order valence-electron chi connectivity index (χ4n) is 0.940. The van der Waals surface area contributed by atoms with Crippen LogP contribution in [-0.2, 0) is 11.2 Å². The van der Waals surface area contributed by atoms with Crippen LogP contribution in [0.1, 0.15) is 5.69 Å². The first-order chi connectivity index (χ1) is 6.72. The summed E-state index contributed by atoms with van der Waals surface area (Å²) in [6, 6.07) is 2.94. The van der Waals surface area contributed by atoms with Crippen molar-refractivity contribution in [3.63, 3.8) is 0 Å². The second-order valence-electron chi connectivity index (χ2n) is 2.71. The molecule has 74 valence electrons. The number of aromatic nitrogens is 1. The highest BCUT2D eigenvalue weighted by molar-refractivity contribution is 5.86. The molecular weight excluding hydrogens is 183 g/mol. The van der Waals surface area contributed by atoms with Gasteiger partial charge in [-0.05, 0) is 18.2 Å². The Bertz CT molecular complexity index is 321. The third-order valence-corrected chi connectivity index (χ3v) is 1.65. The molecule has 0 aliphatic rings. The molecule has 1 amide bonds. The third kappa shape index (κ3) is 3.35. The van der Waals surface area contributed by atoms with E-state index in [2.05, 4.69) is 16.9 Å². The minimum atomic E-state index is -0.358. The van der Waals surface area contributed by atoms with Gasteiger partial charge in [-0.1, -0.05) is 6.58 Å². The van der Waals surface area contributed by atoms with Gasteiger partial charge in [-0.2, -0.15) is 0 Å². The van der Waals surface area contributed by atoms with Crippen molar-refractivity contribution in [3.05, 3.63) is 42.5 Å². The molecule has 1 heterocycles. The van der Waals surface area contributed by atoms with Crippen molar-refractivity contribution < 1.29 is 9.18 Å². The predicted octanol–water partition coefficient (Wildman–Crippen LogP) is 1.07. The Morgan fingerprint density at radius 1 is 1.64 bits per heavy atom. The van der Waals surface area contributed by atoms with E-state index in [1.54, 1.807) is 6.07 Å². The molecule has 0 aromatic carbocycles. The number of halogens is 1. The van der Waals surface area contributed by atoms with Crippen molar-refractivity contribution in [1.82, 2.24) is 10.3 Å². The van der Waals surface area contributed by atoms with E-state index in [1.807, 2.05) is 0 Å². The first-order valence-electron chi connectivity index (χ1n) is 4.23. The number of carbonyl (C=O) groups excluding carboxylic acids is 1. The minimum absolute atomic E-state index is 0.216. The number of hydrogen-bond acceptors (Lipinski definition) is 2. The van der Waals surface area contributed by atoms with Crippen LogP contribution >= 0.6 is 0 Å². The number of carbonyl (C=O) groups is 1. The second kappa shape index (κ2) is 5.11. The van der Waals surface area contributed by atoms with Crippen molar-refractivity contribution in [2.45, 2.75) is 6.42 Å². The van der Waals surface area contributed by atoms with Gasteiger partial charge in [0.05, 0.1) is 6.20 Å². The fraction of sp³-hybridized carbons (Fsp3) is 0.200. The average molecular weight is 194 g/mol. The van der Waals surface area contributed by atoms with Gasteiger partial charge in [-0.3, -0.25) is 9.78 Å². The molecule has 0 radical (unpaired) electrons. The molecule has 0 bridgehead atoms. The minimum Gasteiger partial charge on any atom is -0.352 e. The van der Waals surface area contributed by atoms with Crippen LogP contribution in [0.15, 0.2) is 31.0 Å². The Hall–Kier alpha value is -1.71. The number of nitrogens with one attached hydrogen (secondary N) is 1. The maximum Gasteiger partial charge on any atom is 0.243 e. The van der Waals surface area contributed by atoms with E-state index in [0.29, 0.717) is 13.0 Å². The standard InChI is InChI=1S/C10H11FN2O/c1-2-10(14)12-6-5-9-4-3-8(11)7-13-9/h2-4,7H,1,5-6H2,(H,12,14). The molecule has 1 aromatic rings. The van der Waals surface area contributed by atoms with E-state index in [9.17, 15) is 9.18 Å². The molecule has 0 fully saturated rings. The zero-order valence-corrected chi connectivity index (χ0v) is 7.66. The largest absolute Gasteiger partial charge is 0.352 e. The van der Waals surface area contributed by atoms with Crippen LogP contribution in [-0.4, -0.2) is 17.4 Å². The smallest absolute Gasteiger partial charge is 0.243 e. The molecule has 1 N–H and O–H groups in total. The Balaban J connectivity index is 2.35. The van der Waals surface area contributed by atoms with Crippen LogP contribution in [0, 0.1) is 5.82 Å². The van der Waals surface area contributed by atoms with Crippen LogP contribution in [0.25, 0.3) is 0 Å². The average Bonchev–Trinajstić information content (AvgIpc) is 2.21. The van der Waals surface area contributed by atoms with Gasteiger partial charge in [0, 0.05) is 18.7 Å². The summed E-state index contributed by atoms with van der Waals surface area (Å²) < 4.78 is 12.4. The van der Waals surface area contributed by atoms with Crippen molar-refractivity contribution in [3.8, 4) is 0 Å². The number of nitrogens with zero attached hydrogens (tertiary/aromatic N) is 1. The highest BCUT2D eigenvalue weighted by atomic mass is 19.1. The van der Waals surface area contributed by atoms with Gasteiger partial charge < -0.3 is 5.32 Å². The summed E-state index contributed by atoms with van der Waals surface area (Å²) in [6.07, 6.45) is 2.95. The van der Waals surface area contributed by atoms with E-state index in [4.69, 9.17) is 0 Å². The number of amides is 1. The van der Waals surface area contributed by atoms with E-state index < -0.39 is 0 Å². The predicted molar refractivity (Wildman–Crippen MR) is 51.1 cm³/mol. The molecule has 0 aliphatic carbocycles. The van der Waals surface area contributed by atoms with Gasteiger partial charge in [0.15, 0.2) is 0 Å². The first-order valence-corrected chi connectivity index (χ1v) is 4.23. The zero-order chi connectivity index (χ0) is 10.4. The van der Waals surface area contributed by atoms with Gasteiger partial charge in [-0.25, -0.2) is 4.39 Å². The molecule has 0 unspecified atom stereocenters. The molecule has 4 heteroatoms. The summed E-state index contributed by atoms with van der Waals surface area (Å²) in [5.74, 6) is -0.573. The molecular formula is C10H11FN2O. The Kier molecular flexibility index (Phi) is 3.79. The van der Waals surface area contributed by atoms with Crippen molar-refractivity contribution >= 4 is 5.91 Å². The van der Waals surface area contributed by atoms with E-state index in [0.717, 1.165) is 11.9 Å². The highest BCUT2D eigenvalue weighted by Gasteiger charge is 1.96. The van der Waals surface area contributed by atoms with Gasteiger partial charge >= 0.3 is 0 Å². The SMILES string of the molecule is C=CC(=O)NCCc1ccc(F)cn1. The number of hydrogen-bond donors (Lipinski definition) is 1. The van der Waals surface area contributed by atoms with Crippen LogP contribution in [0.5, 0.6) is 0 Å². The van der Waals surface area contributed by atoms with Gasteiger partial charge in [-0.15, -0.1) is 0 Å². The van der Waals surface area contributed by atoms with Crippen LogP contribution in [0.2, 0.25) is 0 Å². The molecule has 1 rings (SSSR count). The van der Waals surface area contributed by atoms with Crippen molar-refractivity contribution in [2.24, 2.45) is 0 Å². The Morgan fingerprint density at radius 2 is 2.43 bits per heavy atom. The van der Waals surface area contributed by atoms with E-state index in [-0.39, 0.29) is 11.7 Å². The Morgan fingerprint density at radius 3 is 3.00 bits per heavy atom. The maximum atomic E-state index is 12.4. The lowest BCUT2D eigenvalue weighted by Gasteiger charge is -2.01. The summed E-state index contributed by atoms with van der Waals surface area (Å²) in [6.45, 7) is 3.80. The molecule has 0 saturated heterocycles. The summed E-state index contributed by atoms with van der Waals surface area (Å²) in [5.41, 5.74) is 0.746. The summed E-state index contributed by atoms with van der Waals surface area (Å²) >= 11 is 0. The lowest BCUT2D eigenvalue weighted by molar-refractivity contribution is -0.116. The molecule has 0 atom stereocenters. The normalized spacial score (nSPS) is 9.50. The monoisotopic (exact) mass is 194 g/mol. The summed E-state index contributed by atoms with van der Waals surface area (Å²) in [5, 5.41) is 2.60. The summed E-state index contributed by atoms with van der Waals surface area (Å²) in [4.78, 5) is 14.6. The topological polar surface area (TPSA) is 42.0 Å². The maximum absolute atomic E-state index is 12.4. The number of rotatable bonds is 4. The van der Waals surface area contributed by atoms with Gasteiger partial charge in [0.1, 0.15) is 5.82 Å². The molecule has 3 nitrogen and oxygen atoms in total. The van der Waals surface area contributed by atoms with E-state index >= 15 is 0 Å². The van der Waals surface area contributed by atoms with Crippen molar-refractivity contribution in [2.75, 3.05) is 6.54 Å².